The van der Waals surface area contributed by atoms with E-state index in [1.54, 1.807) is 5.06 Å². The highest BCUT2D eigenvalue weighted by Crippen LogP contribution is 2.36. The molecule has 0 unspecified atom stereocenters. The molecule has 4 rings (SSSR count). The normalized spacial score (nSPS) is 15.5. The first kappa shape index (κ1) is 25.9. The van der Waals surface area contributed by atoms with Gasteiger partial charge < -0.3 is 15.0 Å². The van der Waals surface area contributed by atoms with Gasteiger partial charge in [0.15, 0.2) is 11.6 Å². The molecule has 0 saturated carbocycles. The highest BCUT2D eigenvalue weighted by Gasteiger charge is 2.31. The fourth-order valence-electron chi connectivity index (χ4n) is 4.61. The number of benzene rings is 2. The van der Waals surface area contributed by atoms with Crippen LogP contribution >= 0.6 is 0 Å². The van der Waals surface area contributed by atoms with Gasteiger partial charge >= 0.3 is 0 Å². The molecule has 0 amide bonds. The average molecular weight is 494 g/mol. The van der Waals surface area contributed by atoms with Crippen molar-refractivity contribution in [2.75, 3.05) is 43.2 Å². The number of nitrogens with one attached hydrogen (secondary N) is 1. The Bertz CT molecular complexity index is 1120. The van der Waals surface area contributed by atoms with Crippen molar-refractivity contribution in [3.05, 3.63) is 71.2 Å². The van der Waals surface area contributed by atoms with Crippen molar-refractivity contribution in [2.24, 2.45) is 0 Å². The molecule has 1 aromatic heterocycles. The van der Waals surface area contributed by atoms with Crippen molar-refractivity contribution in [3.63, 3.8) is 0 Å². The third-order valence-corrected chi connectivity index (χ3v) is 6.50. The summed E-state index contributed by atoms with van der Waals surface area (Å²) in [5.74, 6) is 0.807. The van der Waals surface area contributed by atoms with Gasteiger partial charge in [-0.2, -0.15) is 4.98 Å². The number of rotatable bonds is 11. The minimum absolute atomic E-state index is 0.105. The van der Waals surface area contributed by atoms with E-state index in [0.717, 1.165) is 60.6 Å². The molecular formula is C28H36FN5O2. The Labute approximate surface area is 213 Å². The Morgan fingerprint density at radius 1 is 1.14 bits per heavy atom. The maximum Gasteiger partial charge on any atom is 0.229 e. The van der Waals surface area contributed by atoms with E-state index in [1.807, 2.05) is 56.3 Å². The van der Waals surface area contributed by atoms with Gasteiger partial charge in [0.05, 0.1) is 25.5 Å². The maximum absolute atomic E-state index is 14.8. The molecule has 0 radical (unpaired) electrons. The monoisotopic (exact) mass is 493 g/mol. The number of ether oxygens (including phenoxy) is 1. The number of anilines is 3. The lowest BCUT2D eigenvalue weighted by atomic mass is 10.0. The summed E-state index contributed by atoms with van der Waals surface area (Å²) < 4.78 is 20.9. The van der Waals surface area contributed by atoms with Crippen LogP contribution in [0.25, 0.3) is 0 Å². The third kappa shape index (κ3) is 6.12. The van der Waals surface area contributed by atoms with Crippen molar-refractivity contribution in [1.82, 2.24) is 14.9 Å². The van der Waals surface area contributed by atoms with Crippen LogP contribution in [0.1, 0.15) is 49.4 Å². The fraction of sp³-hybridized carbons (Fsp3) is 0.429. The van der Waals surface area contributed by atoms with Crippen LogP contribution in [0.5, 0.6) is 5.75 Å². The van der Waals surface area contributed by atoms with Crippen LogP contribution in [0, 0.1) is 19.7 Å². The number of hydrogen-bond acceptors (Lipinski definition) is 7. The van der Waals surface area contributed by atoms with Crippen LogP contribution < -0.4 is 15.1 Å². The van der Waals surface area contributed by atoms with E-state index in [2.05, 4.69) is 34.0 Å². The summed E-state index contributed by atoms with van der Waals surface area (Å²) >= 11 is 0. The smallest absolute Gasteiger partial charge is 0.229 e. The maximum atomic E-state index is 14.8. The minimum atomic E-state index is -0.524. The van der Waals surface area contributed by atoms with Crippen molar-refractivity contribution in [2.45, 2.75) is 46.6 Å². The van der Waals surface area contributed by atoms with Gasteiger partial charge in [0.1, 0.15) is 5.75 Å². The first-order chi connectivity index (χ1) is 17.5. The summed E-state index contributed by atoms with van der Waals surface area (Å²) in [6.07, 6.45) is 2.92. The molecule has 2 heterocycles. The molecule has 192 valence electrons. The molecule has 8 heteroatoms. The van der Waals surface area contributed by atoms with E-state index in [1.165, 1.54) is 6.20 Å². The second-order valence-electron chi connectivity index (χ2n) is 9.03. The Hall–Kier alpha value is -3.23. The lowest BCUT2D eigenvalue weighted by Gasteiger charge is -2.24. The number of aryl methyl sites for hydroxylation is 2. The largest absolute Gasteiger partial charge is 0.493 e. The lowest BCUT2D eigenvalue weighted by molar-refractivity contribution is 0.154. The number of hydroxylamine groups is 1. The van der Waals surface area contributed by atoms with E-state index in [4.69, 9.17) is 9.57 Å². The predicted molar refractivity (Wildman–Crippen MR) is 141 cm³/mol. The highest BCUT2D eigenvalue weighted by atomic mass is 19.1. The molecule has 0 spiro atoms. The fourth-order valence-corrected chi connectivity index (χ4v) is 4.61. The summed E-state index contributed by atoms with van der Waals surface area (Å²) in [4.78, 5) is 16.8. The van der Waals surface area contributed by atoms with E-state index < -0.39 is 5.82 Å². The van der Waals surface area contributed by atoms with Crippen LogP contribution in [0.15, 0.2) is 48.7 Å². The number of nitrogens with zero attached hydrogens (tertiary/aromatic N) is 4. The van der Waals surface area contributed by atoms with Crippen LogP contribution in [0.4, 0.5) is 21.8 Å². The lowest BCUT2D eigenvalue weighted by Crippen LogP contribution is -2.25. The summed E-state index contributed by atoms with van der Waals surface area (Å²) in [6, 6.07) is 13.8. The number of hydrogen-bond donors (Lipinski definition) is 1. The van der Waals surface area contributed by atoms with Gasteiger partial charge in [0.2, 0.25) is 5.95 Å². The molecule has 1 N–H and O–H groups in total. The molecule has 1 saturated heterocycles. The van der Waals surface area contributed by atoms with Crippen molar-refractivity contribution in [1.29, 1.82) is 0 Å². The average Bonchev–Trinajstić information content (AvgIpc) is 3.37. The molecule has 0 bridgehead atoms. The first-order valence-corrected chi connectivity index (χ1v) is 12.7. The standard InChI is InChI=1S/C28H36FN5O2/c1-5-33(6-2)14-10-15-35-26-20(3)17-23(18-21(26)4)31-28-30-19-24(29)27(32-28)34-25(13-16-36-34)22-11-8-7-9-12-22/h7-9,11-12,17-19,25H,5-6,10,13-16H2,1-4H3,(H,30,31,32)/t25-/m0/s1. The van der Waals surface area contributed by atoms with Crippen molar-refractivity contribution in [3.8, 4) is 5.75 Å². The van der Waals surface area contributed by atoms with Crippen molar-refractivity contribution >= 4 is 17.5 Å². The number of aromatic nitrogens is 2. The Balaban J connectivity index is 1.46. The quantitative estimate of drug-likeness (QED) is 0.330. The molecule has 7 nitrogen and oxygen atoms in total. The van der Waals surface area contributed by atoms with E-state index >= 15 is 0 Å². The van der Waals surface area contributed by atoms with Gasteiger partial charge in [-0.25, -0.2) is 14.4 Å². The van der Waals surface area contributed by atoms with Crippen LogP contribution in [-0.4, -0.2) is 47.7 Å². The van der Waals surface area contributed by atoms with Gasteiger partial charge in [0.25, 0.3) is 0 Å². The SMILES string of the molecule is CCN(CC)CCCOc1c(C)cc(Nc2ncc(F)c(N3OCC[C@H]3c3ccccc3)n2)cc1C. The zero-order valence-corrected chi connectivity index (χ0v) is 21.6. The molecule has 1 aliphatic rings. The molecule has 2 aromatic carbocycles. The second-order valence-corrected chi connectivity index (χ2v) is 9.03. The van der Waals surface area contributed by atoms with Gasteiger partial charge in [-0.3, -0.25) is 4.84 Å². The summed E-state index contributed by atoms with van der Waals surface area (Å²) in [6.45, 7) is 12.7. The van der Waals surface area contributed by atoms with Crippen LogP contribution in [0.3, 0.4) is 0 Å². The Kier molecular flexibility index (Phi) is 8.72. The van der Waals surface area contributed by atoms with Gasteiger partial charge in [0, 0.05) is 18.7 Å². The van der Waals surface area contributed by atoms with E-state index in [0.29, 0.717) is 19.2 Å². The Morgan fingerprint density at radius 3 is 2.56 bits per heavy atom. The molecule has 1 fully saturated rings. The van der Waals surface area contributed by atoms with Gasteiger partial charge in [-0.1, -0.05) is 44.2 Å². The highest BCUT2D eigenvalue weighted by molar-refractivity contribution is 5.61. The molecule has 3 aromatic rings. The van der Waals surface area contributed by atoms with Gasteiger partial charge in [-0.15, -0.1) is 0 Å². The zero-order chi connectivity index (χ0) is 25.5. The molecule has 36 heavy (non-hydrogen) atoms. The van der Waals surface area contributed by atoms with E-state index in [9.17, 15) is 4.39 Å². The molecule has 0 aliphatic carbocycles. The van der Waals surface area contributed by atoms with Crippen molar-refractivity contribution < 1.29 is 14.0 Å². The molecule has 1 aliphatic heterocycles. The first-order valence-electron chi connectivity index (χ1n) is 12.7. The summed E-state index contributed by atoms with van der Waals surface area (Å²) in [5, 5.41) is 4.78. The predicted octanol–water partition coefficient (Wildman–Crippen LogP) is 5.97. The molecular weight excluding hydrogens is 457 g/mol. The minimum Gasteiger partial charge on any atom is -0.493 e. The van der Waals surface area contributed by atoms with E-state index in [-0.39, 0.29) is 11.9 Å². The second kappa shape index (κ2) is 12.1. The van der Waals surface area contributed by atoms with Crippen LogP contribution in [-0.2, 0) is 4.84 Å². The summed E-state index contributed by atoms with van der Waals surface area (Å²) in [7, 11) is 0. The zero-order valence-electron chi connectivity index (χ0n) is 21.6. The topological polar surface area (TPSA) is 62.8 Å². The summed E-state index contributed by atoms with van der Waals surface area (Å²) in [5.41, 5.74) is 3.92. The third-order valence-electron chi connectivity index (χ3n) is 6.50. The number of halogens is 1. The van der Waals surface area contributed by atoms with Crippen LogP contribution in [0.2, 0.25) is 0 Å². The Morgan fingerprint density at radius 2 is 1.86 bits per heavy atom. The molecule has 1 atom stereocenters. The van der Waals surface area contributed by atoms with Gasteiger partial charge in [-0.05, 0) is 62.2 Å².